The van der Waals surface area contributed by atoms with Gasteiger partial charge >= 0.3 is 0 Å². The minimum absolute atomic E-state index is 1.24. The SMILES string of the molecule is CCCCCCCCCCCCc1ccc(S)c(CCCCCCCCCCCC)c1CCCCCCCCCCCC. The summed E-state index contributed by atoms with van der Waals surface area (Å²) in [5.74, 6) is 0. The summed E-state index contributed by atoms with van der Waals surface area (Å²) in [6.07, 6.45) is 46.4. The van der Waals surface area contributed by atoms with Crippen molar-refractivity contribution in [2.75, 3.05) is 0 Å². The largest absolute Gasteiger partial charge is 0.143 e. The molecule has 0 nitrogen and oxygen atoms in total. The van der Waals surface area contributed by atoms with E-state index in [2.05, 4.69) is 32.9 Å². The molecule has 0 spiro atoms. The van der Waals surface area contributed by atoms with Gasteiger partial charge in [-0.25, -0.2) is 0 Å². The summed E-state index contributed by atoms with van der Waals surface area (Å²) in [6.45, 7) is 6.94. The zero-order valence-corrected chi connectivity index (χ0v) is 30.8. The molecule has 0 N–H and O–H groups in total. The van der Waals surface area contributed by atoms with Crippen LogP contribution in [-0.2, 0) is 19.3 Å². The van der Waals surface area contributed by atoms with Gasteiger partial charge in [-0.05, 0) is 61.3 Å². The molecule has 0 atom stereocenters. The first-order chi connectivity index (χ1) is 21.2. The molecule has 0 bridgehead atoms. The molecule has 0 saturated carbocycles. The Labute approximate surface area is 278 Å². The van der Waals surface area contributed by atoms with Crippen LogP contribution in [0.2, 0.25) is 0 Å². The highest BCUT2D eigenvalue weighted by molar-refractivity contribution is 7.80. The van der Waals surface area contributed by atoms with E-state index in [1.54, 1.807) is 16.7 Å². The van der Waals surface area contributed by atoms with Gasteiger partial charge in [-0.2, -0.15) is 0 Å². The average molecular weight is 615 g/mol. The minimum Gasteiger partial charge on any atom is -0.143 e. The van der Waals surface area contributed by atoms with E-state index in [0.717, 1.165) is 0 Å². The van der Waals surface area contributed by atoms with Gasteiger partial charge in [0, 0.05) is 4.90 Å². The molecule has 252 valence electrons. The van der Waals surface area contributed by atoms with E-state index in [4.69, 9.17) is 12.6 Å². The number of hydrogen-bond donors (Lipinski definition) is 1. The Morgan fingerprint density at radius 2 is 0.605 bits per heavy atom. The maximum atomic E-state index is 5.02. The summed E-state index contributed by atoms with van der Waals surface area (Å²) in [5.41, 5.74) is 4.98. The van der Waals surface area contributed by atoms with Crippen molar-refractivity contribution in [1.29, 1.82) is 0 Å². The van der Waals surface area contributed by atoms with E-state index in [9.17, 15) is 0 Å². The van der Waals surface area contributed by atoms with Crippen LogP contribution in [0.1, 0.15) is 230 Å². The maximum Gasteiger partial charge on any atom is 0.00749 e. The number of unbranched alkanes of at least 4 members (excludes halogenated alkanes) is 27. The lowest BCUT2D eigenvalue weighted by Crippen LogP contribution is -2.03. The van der Waals surface area contributed by atoms with E-state index >= 15 is 0 Å². The average Bonchev–Trinajstić information content (AvgIpc) is 3.01. The first-order valence-electron chi connectivity index (χ1n) is 20.1. The van der Waals surface area contributed by atoms with E-state index in [1.165, 1.54) is 217 Å². The summed E-state index contributed by atoms with van der Waals surface area (Å²) in [5, 5.41) is 0. The number of rotatable bonds is 33. The third kappa shape index (κ3) is 23.6. The zero-order valence-electron chi connectivity index (χ0n) is 29.9. The van der Waals surface area contributed by atoms with E-state index in [-0.39, 0.29) is 0 Å². The zero-order chi connectivity index (χ0) is 31.1. The van der Waals surface area contributed by atoms with Gasteiger partial charge < -0.3 is 0 Å². The molecule has 1 aromatic rings. The Bertz CT molecular complexity index is 707. The summed E-state index contributed by atoms with van der Waals surface area (Å²) in [7, 11) is 0. The second kappa shape index (κ2) is 31.5. The highest BCUT2D eigenvalue weighted by Crippen LogP contribution is 2.28. The molecule has 1 rings (SSSR count). The van der Waals surface area contributed by atoms with Crippen molar-refractivity contribution in [1.82, 2.24) is 0 Å². The molecule has 0 unspecified atom stereocenters. The van der Waals surface area contributed by atoms with Gasteiger partial charge in [0.2, 0.25) is 0 Å². The van der Waals surface area contributed by atoms with Crippen LogP contribution in [0.25, 0.3) is 0 Å². The molecule has 0 aliphatic heterocycles. The second-order valence-corrected chi connectivity index (χ2v) is 14.5. The van der Waals surface area contributed by atoms with Crippen LogP contribution in [0.15, 0.2) is 17.0 Å². The van der Waals surface area contributed by atoms with E-state index in [0.29, 0.717) is 0 Å². The molecule has 0 amide bonds. The van der Waals surface area contributed by atoms with Gasteiger partial charge in [-0.1, -0.05) is 200 Å². The summed E-state index contributed by atoms with van der Waals surface area (Å²) >= 11 is 5.02. The van der Waals surface area contributed by atoms with Gasteiger partial charge in [0.25, 0.3) is 0 Å². The summed E-state index contributed by atoms with van der Waals surface area (Å²) in [4.78, 5) is 1.27. The highest BCUT2D eigenvalue weighted by Gasteiger charge is 2.12. The Hall–Kier alpha value is -0.430. The number of aryl methyl sites for hydroxylation is 1. The van der Waals surface area contributed by atoms with Crippen molar-refractivity contribution in [2.45, 2.75) is 238 Å². The predicted octanol–water partition coefficient (Wildman–Crippen LogP) is 15.4. The van der Waals surface area contributed by atoms with Crippen molar-refractivity contribution < 1.29 is 0 Å². The highest BCUT2D eigenvalue weighted by atomic mass is 32.1. The summed E-state index contributed by atoms with van der Waals surface area (Å²) < 4.78 is 0. The molecule has 1 aromatic carbocycles. The Morgan fingerprint density at radius 3 is 0.953 bits per heavy atom. The topological polar surface area (TPSA) is 0 Å². The smallest absolute Gasteiger partial charge is 0.00749 e. The lowest BCUT2D eigenvalue weighted by molar-refractivity contribution is 0.550. The maximum absolute atomic E-state index is 5.02. The van der Waals surface area contributed by atoms with Crippen LogP contribution in [0.5, 0.6) is 0 Å². The van der Waals surface area contributed by atoms with Gasteiger partial charge in [0.15, 0.2) is 0 Å². The Morgan fingerprint density at radius 1 is 0.326 bits per heavy atom. The van der Waals surface area contributed by atoms with Crippen LogP contribution in [0.3, 0.4) is 0 Å². The molecule has 43 heavy (non-hydrogen) atoms. The lowest BCUT2D eigenvalue weighted by atomic mass is 9.90. The standard InChI is InChI=1S/C42H78S/c1-4-7-10-13-16-19-22-25-28-31-34-39-37-38-42(43)41(36-33-30-27-24-21-18-15-12-9-6-3)40(39)35-32-29-26-23-20-17-14-11-8-5-2/h37-38,43H,4-36H2,1-3H3. The number of hydrogen-bond acceptors (Lipinski definition) is 1. The Balaban J connectivity index is 2.50. The fourth-order valence-corrected chi connectivity index (χ4v) is 7.26. The molecule has 0 heterocycles. The molecular weight excluding hydrogens is 537 g/mol. The first-order valence-corrected chi connectivity index (χ1v) is 20.5. The van der Waals surface area contributed by atoms with E-state index < -0.39 is 0 Å². The van der Waals surface area contributed by atoms with Gasteiger partial charge in [0.05, 0.1) is 0 Å². The fourth-order valence-electron chi connectivity index (χ4n) is 6.94. The van der Waals surface area contributed by atoms with Gasteiger partial charge in [-0.15, -0.1) is 12.6 Å². The molecule has 1 heteroatoms. The van der Waals surface area contributed by atoms with Crippen molar-refractivity contribution in [3.63, 3.8) is 0 Å². The second-order valence-electron chi connectivity index (χ2n) is 14.0. The third-order valence-electron chi connectivity index (χ3n) is 9.86. The molecule has 0 aromatic heterocycles. The first kappa shape index (κ1) is 40.6. The van der Waals surface area contributed by atoms with Crippen LogP contribution < -0.4 is 0 Å². The van der Waals surface area contributed by atoms with Crippen molar-refractivity contribution in [2.24, 2.45) is 0 Å². The quantitative estimate of drug-likeness (QED) is 0.0591. The molecule has 0 radical (unpaired) electrons. The normalized spacial score (nSPS) is 11.5. The number of thiol groups is 1. The number of benzene rings is 1. The van der Waals surface area contributed by atoms with Crippen LogP contribution in [0, 0.1) is 0 Å². The fraction of sp³-hybridized carbons (Fsp3) is 0.857. The predicted molar refractivity (Wildman–Crippen MR) is 200 cm³/mol. The Kier molecular flexibility index (Phi) is 29.8. The summed E-state index contributed by atoms with van der Waals surface area (Å²) in [6, 6.07) is 4.78. The van der Waals surface area contributed by atoms with Crippen LogP contribution >= 0.6 is 12.6 Å². The van der Waals surface area contributed by atoms with Gasteiger partial charge in [-0.3, -0.25) is 0 Å². The third-order valence-corrected chi connectivity index (χ3v) is 10.3. The van der Waals surface area contributed by atoms with Crippen molar-refractivity contribution in [3.05, 3.63) is 28.8 Å². The van der Waals surface area contributed by atoms with E-state index in [1.807, 2.05) is 0 Å². The van der Waals surface area contributed by atoms with Crippen LogP contribution in [-0.4, -0.2) is 0 Å². The van der Waals surface area contributed by atoms with Crippen molar-refractivity contribution in [3.8, 4) is 0 Å². The van der Waals surface area contributed by atoms with Crippen molar-refractivity contribution >= 4 is 12.6 Å². The molecule has 0 fully saturated rings. The van der Waals surface area contributed by atoms with Gasteiger partial charge in [0.1, 0.15) is 0 Å². The molecule has 0 aliphatic rings. The molecule has 0 aliphatic carbocycles. The monoisotopic (exact) mass is 615 g/mol. The minimum atomic E-state index is 1.24. The van der Waals surface area contributed by atoms with Crippen LogP contribution in [0.4, 0.5) is 0 Å². The molecule has 0 saturated heterocycles. The lowest BCUT2D eigenvalue weighted by Gasteiger charge is -2.18. The molecular formula is C42H78S.